The predicted octanol–water partition coefficient (Wildman–Crippen LogP) is -0.333. The van der Waals surface area contributed by atoms with Crippen molar-refractivity contribution in [2.24, 2.45) is 5.73 Å². The second-order valence-electron chi connectivity index (χ2n) is 5.36. The maximum absolute atomic E-state index is 11.1. The maximum atomic E-state index is 11.1. The van der Waals surface area contributed by atoms with E-state index in [9.17, 15) is 4.79 Å². The largest absolute Gasteiger partial charge is 0.480 e. The Morgan fingerprint density at radius 1 is 1.33 bits per heavy atom. The van der Waals surface area contributed by atoms with E-state index in [1.54, 1.807) is 14.2 Å². The lowest BCUT2D eigenvalue weighted by Gasteiger charge is -2.25. The van der Waals surface area contributed by atoms with E-state index in [2.05, 4.69) is 4.90 Å². The van der Waals surface area contributed by atoms with Crippen LogP contribution in [0.1, 0.15) is 19.3 Å². The molecule has 2 fully saturated rings. The predicted molar refractivity (Wildman–Crippen MR) is 65.4 cm³/mol. The fraction of sp³-hybridized carbons (Fsp3) is 0.917. The van der Waals surface area contributed by atoms with Gasteiger partial charge in [-0.1, -0.05) is 0 Å². The Hall–Kier alpha value is -0.690. The van der Waals surface area contributed by atoms with Gasteiger partial charge < -0.3 is 20.3 Å². The molecule has 18 heavy (non-hydrogen) atoms. The number of carbonyl (C=O) groups is 1. The number of methoxy groups -OCH3 is 2. The average Bonchev–Trinajstić information content (AvgIpc) is 2.92. The number of carboxylic acids is 1. The topological polar surface area (TPSA) is 85.0 Å². The highest BCUT2D eigenvalue weighted by Gasteiger charge is 2.46. The SMILES string of the molecule is COC1CN(C2CCC(N)(C(=O)O)C2)CC1OC. The highest BCUT2D eigenvalue weighted by Crippen LogP contribution is 2.33. The number of nitrogens with two attached hydrogens (primary N) is 1. The molecule has 6 nitrogen and oxygen atoms in total. The first-order valence-electron chi connectivity index (χ1n) is 6.32. The van der Waals surface area contributed by atoms with Gasteiger partial charge >= 0.3 is 5.97 Å². The van der Waals surface area contributed by atoms with Gasteiger partial charge in [-0.3, -0.25) is 9.69 Å². The third-order valence-electron chi connectivity index (χ3n) is 4.31. The highest BCUT2D eigenvalue weighted by molar-refractivity contribution is 5.79. The van der Waals surface area contributed by atoms with Gasteiger partial charge in [-0.15, -0.1) is 0 Å². The van der Waals surface area contributed by atoms with E-state index in [0.29, 0.717) is 12.8 Å². The number of rotatable bonds is 4. The molecule has 1 heterocycles. The Balaban J connectivity index is 1.97. The fourth-order valence-corrected chi connectivity index (χ4v) is 3.08. The molecule has 0 radical (unpaired) electrons. The molecule has 6 heteroatoms. The van der Waals surface area contributed by atoms with Crippen molar-refractivity contribution >= 4 is 5.97 Å². The molecule has 1 saturated heterocycles. The molecule has 1 aliphatic carbocycles. The van der Waals surface area contributed by atoms with E-state index in [-0.39, 0.29) is 18.2 Å². The molecular weight excluding hydrogens is 236 g/mol. The summed E-state index contributed by atoms with van der Waals surface area (Å²) in [5.74, 6) is -0.893. The zero-order valence-corrected chi connectivity index (χ0v) is 11.0. The molecule has 2 rings (SSSR count). The van der Waals surface area contributed by atoms with Crippen LogP contribution in [0.3, 0.4) is 0 Å². The molecule has 0 aromatic carbocycles. The van der Waals surface area contributed by atoms with Crippen molar-refractivity contribution in [3.63, 3.8) is 0 Å². The molecule has 2 aliphatic rings. The minimum atomic E-state index is -1.06. The van der Waals surface area contributed by atoms with E-state index in [1.807, 2.05) is 0 Å². The number of carboxylic acid groups (broad SMARTS) is 1. The van der Waals surface area contributed by atoms with Crippen LogP contribution in [0.25, 0.3) is 0 Å². The number of ether oxygens (including phenoxy) is 2. The first-order valence-corrected chi connectivity index (χ1v) is 6.32. The smallest absolute Gasteiger partial charge is 0.323 e. The molecule has 0 aromatic rings. The molecule has 0 spiro atoms. The van der Waals surface area contributed by atoms with Gasteiger partial charge in [0.25, 0.3) is 0 Å². The first kappa shape index (κ1) is 13.7. The van der Waals surface area contributed by atoms with Crippen molar-refractivity contribution in [1.29, 1.82) is 0 Å². The van der Waals surface area contributed by atoms with Gasteiger partial charge in [0.2, 0.25) is 0 Å². The minimum absolute atomic E-state index is 0.0626. The van der Waals surface area contributed by atoms with Gasteiger partial charge in [-0.2, -0.15) is 0 Å². The van der Waals surface area contributed by atoms with Crippen molar-refractivity contribution in [3.05, 3.63) is 0 Å². The lowest BCUT2D eigenvalue weighted by Crippen LogP contribution is -2.47. The molecule has 1 saturated carbocycles. The summed E-state index contributed by atoms with van der Waals surface area (Å²) in [6.45, 7) is 1.57. The van der Waals surface area contributed by atoms with Gasteiger partial charge in [-0.05, 0) is 19.3 Å². The van der Waals surface area contributed by atoms with E-state index in [0.717, 1.165) is 19.5 Å². The van der Waals surface area contributed by atoms with Crippen molar-refractivity contribution in [1.82, 2.24) is 4.90 Å². The summed E-state index contributed by atoms with van der Waals surface area (Å²) in [6, 6.07) is 0.226. The minimum Gasteiger partial charge on any atom is -0.480 e. The number of likely N-dealkylation sites (tertiary alicyclic amines) is 1. The Morgan fingerprint density at radius 2 is 1.89 bits per heavy atom. The summed E-state index contributed by atoms with van der Waals surface area (Å²) in [5.41, 5.74) is 4.85. The summed E-state index contributed by atoms with van der Waals surface area (Å²) in [6.07, 6.45) is 2.00. The van der Waals surface area contributed by atoms with E-state index in [1.165, 1.54) is 0 Å². The Morgan fingerprint density at radius 3 is 2.28 bits per heavy atom. The van der Waals surface area contributed by atoms with E-state index in [4.69, 9.17) is 20.3 Å². The monoisotopic (exact) mass is 258 g/mol. The Bertz CT molecular complexity index is 313. The van der Waals surface area contributed by atoms with Crippen molar-refractivity contribution in [3.8, 4) is 0 Å². The lowest BCUT2D eigenvalue weighted by atomic mass is 9.99. The number of aliphatic carboxylic acids is 1. The number of hydrogen-bond acceptors (Lipinski definition) is 5. The van der Waals surface area contributed by atoms with Crippen LogP contribution >= 0.6 is 0 Å². The highest BCUT2D eigenvalue weighted by atomic mass is 16.5. The standard InChI is InChI=1S/C12H22N2O4/c1-17-9-6-14(7-10(9)18-2)8-3-4-12(13,5-8)11(15)16/h8-10H,3-7,13H2,1-2H3,(H,15,16). The van der Waals surface area contributed by atoms with Crippen molar-refractivity contribution in [2.45, 2.75) is 43.1 Å². The molecule has 4 atom stereocenters. The van der Waals surface area contributed by atoms with Crippen molar-refractivity contribution < 1.29 is 19.4 Å². The van der Waals surface area contributed by atoms with Gasteiger partial charge in [0.05, 0.1) is 12.2 Å². The van der Waals surface area contributed by atoms with Gasteiger partial charge in [-0.25, -0.2) is 0 Å². The third-order valence-corrected chi connectivity index (χ3v) is 4.31. The second-order valence-corrected chi connectivity index (χ2v) is 5.36. The van der Waals surface area contributed by atoms with Crippen LogP contribution in [0, 0.1) is 0 Å². The molecule has 3 N–H and O–H groups in total. The zero-order valence-electron chi connectivity index (χ0n) is 11.0. The summed E-state index contributed by atoms with van der Waals surface area (Å²) in [7, 11) is 3.36. The van der Waals surface area contributed by atoms with Gasteiger partial charge in [0.15, 0.2) is 0 Å². The Kier molecular flexibility index (Phi) is 3.91. The second kappa shape index (κ2) is 5.13. The summed E-state index contributed by atoms with van der Waals surface area (Å²) in [4.78, 5) is 13.4. The summed E-state index contributed by atoms with van der Waals surface area (Å²) < 4.78 is 10.8. The molecule has 0 aromatic heterocycles. The Labute approximate surface area is 107 Å². The van der Waals surface area contributed by atoms with Crippen LogP contribution in [0.15, 0.2) is 0 Å². The van der Waals surface area contributed by atoms with Gasteiger partial charge in [0.1, 0.15) is 5.54 Å². The number of nitrogens with zero attached hydrogens (tertiary/aromatic N) is 1. The zero-order chi connectivity index (χ0) is 13.3. The molecule has 1 aliphatic heterocycles. The summed E-state index contributed by atoms with van der Waals surface area (Å²) >= 11 is 0. The average molecular weight is 258 g/mol. The number of hydrogen-bond donors (Lipinski definition) is 2. The summed E-state index contributed by atoms with van der Waals surface area (Å²) in [5, 5.41) is 9.14. The fourth-order valence-electron chi connectivity index (χ4n) is 3.08. The van der Waals surface area contributed by atoms with E-state index < -0.39 is 11.5 Å². The normalized spacial score (nSPS) is 41.4. The maximum Gasteiger partial charge on any atom is 0.323 e. The molecular formula is C12H22N2O4. The van der Waals surface area contributed by atoms with Crippen molar-refractivity contribution in [2.75, 3.05) is 27.3 Å². The molecule has 0 amide bonds. The molecule has 0 bridgehead atoms. The van der Waals surface area contributed by atoms with Gasteiger partial charge in [0, 0.05) is 33.4 Å². The van der Waals surface area contributed by atoms with Crippen LogP contribution in [-0.2, 0) is 14.3 Å². The first-order chi connectivity index (χ1) is 8.50. The quantitative estimate of drug-likeness (QED) is 0.718. The molecule has 104 valence electrons. The van der Waals surface area contributed by atoms with Crippen LogP contribution in [0.2, 0.25) is 0 Å². The van der Waals surface area contributed by atoms with E-state index >= 15 is 0 Å². The van der Waals surface area contributed by atoms with Crippen LogP contribution in [-0.4, -0.2) is 67.1 Å². The van der Waals surface area contributed by atoms with Crippen LogP contribution in [0.4, 0.5) is 0 Å². The van der Waals surface area contributed by atoms with Crippen LogP contribution < -0.4 is 5.73 Å². The lowest BCUT2D eigenvalue weighted by molar-refractivity contribution is -0.143. The van der Waals surface area contributed by atoms with Crippen LogP contribution in [0.5, 0.6) is 0 Å². The third kappa shape index (κ3) is 2.38. The molecule has 4 unspecified atom stereocenters.